The summed E-state index contributed by atoms with van der Waals surface area (Å²) in [5.74, 6) is -0.190. The van der Waals surface area contributed by atoms with Crippen LogP contribution in [0.5, 0.6) is 0 Å². The lowest BCUT2D eigenvalue weighted by molar-refractivity contribution is -0.119. The Morgan fingerprint density at radius 2 is 1.78 bits per heavy atom. The van der Waals surface area contributed by atoms with Gasteiger partial charge in [-0.3, -0.25) is 4.79 Å². The normalized spacial score (nSPS) is 10.6. The van der Waals surface area contributed by atoms with Crippen LogP contribution in [-0.4, -0.2) is 32.8 Å². The molecule has 2 aromatic rings. The monoisotopic (exact) mass is 422 g/mol. The number of halogens is 1. The van der Waals surface area contributed by atoms with Crippen molar-refractivity contribution in [3.63, 3.8) is 0 Å². The quantitative estimate of drug-likeness (QED) is 0.428. The molecule has 0 unspecified atom stereocenters. The predicted molar refractivity (Wildman–Crippen MR) is 104 cm³/mol. The summed E-state index contributed by atoms with van der Waals surface area (Å²) < 4.78 is 1.16. The van der Waals surface area contributed by atoms with E-state index in [1.165, 1.54) is 0 Å². The van der Waals surface area contributed by atoms with Crippen LogP contribution in [0.25, 0.3) is 0 Å². The minimum absolute atomic E-state index is 0.178. The van der Waals surface area contributed by atoms with Crippen molar-refractivity contribution in [1.82, 2.24) is 5.43 Å². The van der Waals surface area contributed by atoms with Crippen molar-refractivity contribution in [3.8, 4) is 0 Å². The van der Waals surface area contributed by atoms with Gasteiger partial charge in [0.1, 0.15) is 0 Å². The summed E-state index contributed by atoms with van der Waals surface area (Å²) >= 11 is 2.24. The summed E-state index contributed by atoms with van der Waals surface area (Å²) in [7, 11) is 3.98. The molecule has 2 rings (SSSR count). The maximum atomic E-state index is 11.7. The summed E-state index contributed by atoms with van der Waals surface area (Å²) in [6.07, 6.45) is 1.63. The summed E-state index contributed by atoms with van der Waals surface area (Å²) in [5.41, 5.74) is 5.46. The largest absolute Gasteiger partial charge is 0.378 e. The lowest BCUT2D eigenvalue weighted by atomic mass is 10.2. The lowest BCUT2D eigenvalue weighted by Crippen LogP contribution is -2.25. The number of carbonyl (C=O) groups is 1. The van der Waals surface area contributed by atoms with Crippen LogP contribution in [0, 0.1) is 3.57 Å². The van der Waals surface area contributed by atoms with Gasteiger partial charge in [-0.25, -0.2) is 5.43 Å². The SMILES string of the molecule is CN(C)c1ccc(C=NNC(=O)CNc2ccc(I)cc2)cc1. The molecule has 23 heavy (non-hydrogen) atoms. The number of anilines is 2. The summed E-state index contributed by atoms with van der Waals surface area (Å²) in [6.45, 7) is 0.178. The van der Waals surface area contributed by atoms with Gasteiger partial charge in [-0.1, -0.05) is 12.1 Å². The van der Waals surface area contributed by atoms with Crippen LogP contribution in [-0.2, 0) is 4.79 Å². The minimum atomic E-state index is -0.190. The number of hydrogen-bond donors (Lipinski definition) is 2. The van der Waals surface area contributed by atoms with Crippen molar-refractivity contribution >= 4 is 46.1 Å². The molecule has 6 heteroatoms. The van der Waals surface area contributed by atoms with Gasteiger partial charge in [0.25, 0.3) is 5.91 Å². The molecule has 0 saturated carbocycles. The topological polar surface area (TPSA) is 56.7 Å². The Labute approximate surface area is 149 Å². The van der Waals surface area contributed by atoms with E-state index in [1.807, 2.05) is 67.5 Å². The zero-order valence-corrected chi connectivity index (χ0v) is 15.2. The number of hydrazone groups is 1. The average molecular weight is 422 g/mol. The number of benzene rings is 2. The first-order valence-corrected chi connectivity index (χ1v) is 8.21. The number of nitrogens with one attached hydrogen (secondary N) is 2. The number of rotatable bonds is 6. The fraction of sp³-hybridized carbons (Fsp3) is 0.176. The van der Waals surface area contributed by atoms with E-state index in [1.54, 1.807) is 6.21 Å². The fourth-order valence-electron chi connectivity index (χ4n) is 1.83. The fourth-order valence-corrected chi connectivity index (χ4v) is 2.19. The van der Waals surface area contributed by atoms with Crippen molar-refractivity contribution in [1.29, 1.82) is 0 Å². The van der Waals surface area contributed by atoms with Gasteiger partial charge in [0.05, 0.1) is 12.8 Å². The zero-order chi connectivity index (χ0) is 16.7. The highest BCUT2D eigenvalue weighted by Crippen LogP contribution is 2.11. The van der Waals surface area contributed by atoms with Crippen LogP contribution in [0.1, 0.15) is 5.56 Å². The van der Waals surface area contributed by atoms with E-state index >= 15 is 0 Å². The molecule has 0 aliphatic carbocycles. The molecule has 0 atom stereocenters. The first-order valence-electron chi connectivity index (χ1n) is 7.13. The molecular weight excluding hydrogens is 403 g/mol. The third-order valence-corrected chi connectivity index (χ3v) is 3.83. The van der Waals surface area contributed by atoms with Gasteiger partial charge in [0.15, 0.2) is 0 Å². The minimum Gasteiger partial charge on any atom is -0.378 e. The van der Waals surface area contributed by atoms with E-state index in [-0.39, 0.29) is 12.5 Å². The second kappa shape index (κ2) is 8.52. The molecule has 0 aliphatic heterocycles. The Morgan fingerprint density at radius 1 is 1.13 bits per heavy atom. The highest BCUT2D eigenvalue weighted by atomic mass is 127. The van der Waals surface area contributed by atoms with Crippen LogP contribution in [0.3, 0.4) is 0 Å². The number of carbonyl (C=O) groups excluding carboxylic acids is 1. The van der Waals surface area contributed by atoms with Gasteiger partial charge in [0.2, 0.25) is 0 Å². The van der Waals surface area contributed by atoms with Crippen molar-refractivity contribution in [3.05, 3.63) is 57.7 Å². The molecule has 120 valence electrons. The number of nitrogens with zero attached hydrogens (tertiary/aromatic N) is 2. The van der Waals surface area contributed by atoms with Gasteiger partial charge < -0.3 is 10.2 Å². The Hall–Kier alpha value is -2.09. The van der Waals surface area contributed by atoms with Crippen LogP contribution in [0.2, 0.25) is 0 Å². The van der Waals surface area contributed by atoms with Crippen molar-refractivity contribution < 1.29 is 4.79 Å². The average Bonchev–Trinajstić information content (AvgIpc) is 2.55. The summed E-state index contributed by atoms with van der Waals surface area (Å²) in [4.78, 5) is 13.7. The molecule has 2 N–H and O–H groups in total. The molecule has 0 saturated heterocycles. The first kappa shape index (κ1) is 17.3. The van der Waals surface area contributed by atoms with Gasteiger partial charge in [0, 0.05) is 29.0 Å². The molecule has 5 nitrogen and oxygen atoms in total. The smallest absolute Gasteiger partial charge is 0.259 e. The van der Waals surface area contributed by atoms with Crippen molar-refractivity contribution in [2.45, 2.75) is 0 Å². The van der Waals surface area contributed by atoms with E-state index in [0.717, 1.165) is 20.5 Å². The standard InChI is InChI=1S/C17H19IN4O/c1-22(2)16-9-3-13(4-10-16)11-20-21-17(23)12-19-15-7-5-14(18)6-8-15/h3-11,19H,12H2,1-2H3,(H,21,23). The molecule has 1 amide bonds. The Kier molecular flexibility index (Phi) is 6.40. The van der Waals surface area contributed by atoms with Gasteiger partial charge in [-0.15, -0.1) is 0 Å². The highest BCUT2D eigenvalue weighted by Gasteiger charge is 1.99. The van der Waals surface area contributed by atoms with E-state index in [9.17, 15) is 4.79 Å². The van der Waals surface area contributed by atoms with E-state index in [2.05, 4.69) is 38.4 Å². The van der Waals surface area contributed by atoms with Gasteiger partial charge in [-0.2, -0.15) is 5.10 Å². The van der Waals surface area contributed by atoms with Crippen LogP contribution < -0.4 is 15.6 Å². The second-order valence-electron chi connectivity index (χ2n) is 5.14. The maximum absolute atomic E-state index is 11.7. The molecule has 0 aliphatic rings. The first-order chi connectivity index (χ1) is 11.0. The Bertz CT molecular complexity index is 666. The number of amides is 1. The van der Waals surface area contributed by atoms with Crippen molar-refractivity contribution in [2.24, 2.45) is 5.10 Å². The second-order valence-corrected chi connectivity index (χ2v) is 6.39. The molecule has 2 aromatic carbocycles. The highest BCUT2D eigenvalue weighted by molar-refractivity contribution is 14.1. The zero-order valence-electron chi connectivity index (χ0n) is 13.1. The molecular formula is C17H19IN4O. The Balaban J connectivity index is 1.78. The van der Waals surface area contributed by atoms with E-state index in [4.69, 9.17) is 0 Å². The van der Waals surface area contributed by atoms with E-state index in [0.29, 0.717) is 0 Å². The molecule has 0 aromatic heterocycles. The van der Waals surface area contributed by atoms with Crippen LogP contribution in [0.4, 0.5) is 11.4 Å². The third-order valence-electron chi connectivity index (χ3n) is 3.11. The van der Waals surface area contributed by atoms with E-state index < -0.39 is 0 Å². The summed E-state index contributed by atoms with van der Waals surface area (Å²) in [6, 6.07) is 15.7. The molecule has 0 radical (unpaired) electrons. The molecule has 0 fully saturated rings. The Morgan fingerprint density at radius 3 is 2.39 bits per heavy atom. The number of hydrogen-bond acceptors (Lipinski definition) is 4. The maximum Gasteiger partial charge on any atom is 0.259 e. The molecule has 0 bridgehead atoms. The van der Waals surface area contributed by atoms with Crippen molar-refractivity contribution in [2.75, 3.05) is 30.9 Å². The third kappa shape index (κ3) is 5.90. The van der Waals surface area contributed by atoms with Gasteiger partial charge >= 0.3 is 0 Å². The summed E-state index contributed by atoms with van der Waals surface area (Å²) in [5, 5.41) is 7.01. The molecule has 0 heterocycles. The lowest BCUT2D eigenvalue weighted by Gasteiger charge is -2.11. The van der Waals surface area contributed by atoms with Crippen LogP contribution >= 0.6 is 22.6 Å². The van der Waals surface area contributed by atoms with Crippen LogP contribution in [0.15, 0.2) is 53.6 Å². The molecule has 0 spiro atoms. The van der Waals surface area contributed by atoms with Gasteiger partial charge in [-0.05, 0) is 64.6 Å². The predicted octanol–water partition coefficient (Wildman–Crippen LogP) is 2.92.